The van der Waals surface area contributed by atoms with E-state index in [1.54, 1.807) is 0 Å². The first kappa shape index (κ1) is 26.9. The molecule has 2 rings (SSSR count). The molecule has 6 heteroatoms. The zero-order valence-corrected chi connectivity index (χ0v) is 25.3. The second-order valence-corrected chi connectivity index (χ2v) is 9.31. The standard InChI is InChI=1S/C23H42O3P2.Ac.H2/c1-3-5-6-7-8-11-18-19(21(25-27)17-20(18)24)12-9-13-22(26-28)23(14-4-2)15-10-16-23;;/h7-9,12,18-22,24H,3-6,10-11,13-17,27-28H2,1-2H3;;1H/b8-7-,12-9+;;/t18-,19-,20+,21-,22?;;/m1../s1/i27T;;1+2/t18-,19-,20+,21-,22?,27?;;. The van der Waals surface area contributed by atoms with Gasteiger partial charge in [0, 0.05) is 76.7 Å². The van der Waals surface area contributed by atoms with Gasteiger partial charge in [-0.05, 0) is 49.9 Å². The van der Waals surface area contributed by atoms with Crippen molar-refractivity contribution >= 4 is 18.9 Å². The maximum Gasteiger partial charge on any atom is 0.0851 e. The molecule has 2 aliphatic rings. The third kappa shape index (κ3) is 8.18. The average Bonchev–Trinajstić information content (AvgIpc) is 2.97. The van der Waals surface area contributed by atoms with Gasteiger partial charge in [-0.25, -0.2) is 0 Å². The molecule has 3 unspecified atom stereocenters. The quantitative estimate of drug-likeness (QED) is 0.129. The van der Waals surface area contributed by atoms with Crippen LogP contribution in [0.5, 0.6) is 0 Å². The van der Waals surface area contributed by atoms with Crippen molar-refractivity contribution < 1.29 is 59.6 Å². The van der Waals surface area contributed by atoms with Crippen molar-refractivity contribution in [2.24, 2.45) is 17.3 Å². The summed E-state index contributed by atoms with van der Waals surface area (Å²) in [6.45, 7) is 4.47. The Morgan fingerprint density at radius 2 is 2.07 bits per heavy atom. The van der Waals surface area contributed by atoms with Crippen molar-refractivity contribution in [1.82, 2.24) is 0 Å². The summed E-state index contributed by atoms with van der Waals surface area (Å²) in [5.74, 6) is 0.349. The molecule has 0 aromatic heterocycles. The van der Waals surface area contributed by atoms with E-state index in [1.165, 1.54) is 44.9 Å². The molecule has 1 N–H and O–H groups in total. The van der Waals surface area contributed by atoms with E-state index in [4.69, 9.17) is 10.3 Å². The summed E-state index contributed by atoms with van der Waals surface area (Å²) in [7, 11) is 2.21. The first-order chi connectivity index (χ1) is 14.1. The van der Waals surface area contributed by atoms with Crippen LogP contribution in [-0.2, 0) is 9.05 Å². The summed E-state index contributed by atoms with van der Waals surface area (Å²) in [4.78, 5) is 0. The smallest absolute Gasteiger partial charge is 0.0851 e. The molecule has 0 amide bonds. The number of aliphatic hydroxyl groups is 1. The molecule has 2 fully saturated rings. The van der Waals surface area contributed by atoms with Gasteiger partial charge >= 0.3 is 0 Å². The number of rotatable bonds is 14. The topological polar surface area (TPSA) is 38.7 Å². The van der Waals surface area contributed by atoms with E-state index in [-0.39, 0.29) is 85.0 Å². The molecular formula is C23H44AcO3P2. The molecule has 29 heavy (non-hydrogen) atoms. The third-order valence-electron chi connectivity index (χ3n) is 7.00. The van der Waals surface area contributed by atoms with Gasteiger partial charge in [-0.3, -0.25) is 0 Å². The zero-order chi connectivity index (χ0) is 21.1. The normalized spacial score (nSPS) is 30.7. The van der Waals surface area contributed by atoms with Gasteiger partial charge in [0.1, 0.15) is 0 Å². The van der Waals surface area contributed by atoms with Crippen LogP contribution in [0.1, 0.15) is 85.9 Å². The molecule has 0 bridgehead atoms. The molecule has 3 nitrogen and oxygen atoms in total. The fourth-order valence-corrected chi connectivity index (χ4v) is 5.83. The third-order valence-corrected chi connectivity index (χ3v) is 7.63. The predicted molar refractivity (Wildman–Crippen MR) is 127 cm³/mol. The molecule has 0 aliphatic heterocycles. The molecule has 7 atom stereocenters. The van der Waals surface area contributed by atoms with Gasteiger partial charge in [0.15, 0.2) is 0 Å². The molecule has 1 radical (unpaired) electrons. The minimum atomic E-state index is -0.353. The van der Waals surface area contributed by atoms with E-state index < -0.39 is 0 Å². The predicted octanol–water partition coefficient (Wildman–Crippen LogP) is 6.63. The Balaban J connectivity index is 0.00000450. The Kier molecular flexibility index (Phi) is 14.4. The largest absolute Gasteiger partial charge is 0.393 e. The number of hydrogen-bond donors (Lipinski definition) is 1. The first-order valence-corrected chi connectivity index (χ1v) is 12.2. The minimum absolute atomic E-state index is 0. The Hall–Kier alpha value is 1.66. The molecule has 2 saturated carbocycles. The average molecular weight is 662 g/mol. The van der Waals surface area contributed by atoms with Crippen molar-refractivity contribution in [1.29, 1.82) is 1.28 Å². The van der Waals surface area contributed by atoms with Crippen molar-refractivity contribution in [2.45, 2.75) is 103 Å². The van der Waals surface area contributed by atoms with Crippen LogP contribution in [0.3, 0.4) is 0 Å². The van der Waals surface area contributed by atoms with Gasteiger partial charge in [-0.1, -0.05) is 63.8 Å². The monoisotopic (exact) mass is 661 g/mol. The molecule has 0 aromatic rings. The fourth-order valence-electron chi connectivity index (χ4n) is 5.17. The van der Waals surface area contributed by atoms with Crippen molar-refractivity contribution in [3.63, 3.8) is 0 Å². The fraction of sp³-hybridized carbons (Fsp3) is 0.826. The molecule has 0 heterocycles. The summed E-state index contributed by atoms with van der Waals surface area (Å²) in [6, 6.07) is 0. The van der Waals surface area contributed by atoms with E-state index in [0.29, 0.717) is 11.8 Å². The van der Waals surface area contributed by atoms with Gasteiger partial charge in [-0.2, -0.15) is 0 Å². The number of allylic oxidation sites excluding steroid dienone is 2. The summed E-state index contributed by atoms with van der Waals surface area (Å²) >= 11 is 0. The molecule has 0 aromatic carbocycles. The van der Waals surface area contributed by atoms with Crippen LogP contribution in [0.15, 0.2) is 24.3 Å². The van der Waals surface area contributed by atoms with E-state index in [9.17, 15) is 5.11 Å². The van der Waals surface area contributed by atoms with Gasteiger partial charge in [0.2, 0.25) is 0 Å². The maximum atomic E-state index is 10.6. The Bertz CT molecular complexity index is 521. The van der Waals surface area contributed by atoms with Crippen LogP contribution >= 0.6 is 18.9 Å². The first-order valence-electron chi connectivity index (χ1n) is 11.8. The number of aliphatic hydroxyl groups excluding tert-OH is 1. The summed E-state index contributed by atoms with van der Waals surface area (Å²) < 4.78 is 19.1. The van der Waals surface area contributed by atoms with Gasteiger partial charge < -0.3 is 14.2 Å². The molecule has 0 saturated heterocycles. The Labute approximate surface area is 222 Å². The van der Waals surface area contributed by atoms with Crippen molar-refractivity contribution in [3.8, 4) is 0 Å². The zero-order valence-electron chi connectivity index (χ0n) is 19.4. The number of hydrogen-bond acceptors (Lipinski definition) is 3. The number of unbranched alkanes of at least 4 members (excludes halogenated alkanes) is 2. The van der Waals surface area contributed by atoms with Gasteiger partial charge in [0.25, 0.3) is 0 Å². The van der Waals surface area contributed by atoms with E-state index in [2.05, 4.69) is 47.6 Å². The van der Waals surface area contributed by atoms with Crippen LogP contribution < -0.4 is 0 Å². The summed E-state index contributed by atoms with van der Waals surface area (Å²) in [5.41, 5.74) is 0.343. The maximum absolute atomic E-state index is 10.6. The van der Waals surface area contributed by atoms with Gasteiger partial charge in [-0.15, -0.1) is 0 Å². The molecule has 167 valence electrons. The Morgan fingerprint density at radius 1 is 1.28 bits per heavy atom. The van der Waals surface area contributed by atoms with Crippen LogP contribution in [0.2, 0.25) is 0 Å². The van der Waals surface area contributed by atoms with Crippen molar-refractivity contribution in [2.75, 3.05) is 0 Å². The molecule has 0 spiro atoms. The van der Waals surface area contributed by atoms with Crippen LogP contribution in [0.4, 0.5) is 0 Å². The van der Waals surface area contributed by atoms with E-state index >= 15 is 0 Å². The van der Waals surface area contributed by atoms with E-state index in [1.807, 2.05) is 0 Å². The minimum Gasteiger partial charge on any atom is -0.393 e. The van der Waals surface area contributed by atoms with E-state index in [0.717, 1.165) is 19.3 Å². The summed E-state index contributed by atoms with van der Waals surface area (Å²) in [5, 5.41) is 10.6. The Morgan fingerprint density at radius 3 is 2.66 bits per heavy atom. The molecular weight excluding hydrogens is 613 g/mol. The second kappa shape index (κ2) is 15.5. The summed E-state index contributed by atoms with van der Waals surface area (Å²) in [6.07, 6.45) is 21.1. The van der Waals surface area contributed by atoms with Crippen LogP contribution in [0, 0.1) is 61.3 Å². The van der Waals surface area contributed by atoms with Crippen molar-refractivity contribution in [3.05, 3.63) is 24.3 Å². The van der Waals surface area contributed by atoms with Crippen LogP contribution in [-0.4, -0.2) is 24.7 Å². The van der Waals surface area contributed by atoms with Gasteiger partial charge in [0.05, 0.1) is 19.6 Å². The van der Waals surface area contributed by atoms with Crippen LogP contribution in [0.25, 0.3) is 0 Å². The SMILES string of the molecule is [3HH].[3H]PO[C@@H]1C[C@H](O)[C@H](C/C=C\CCCC)[C@H]1/C=C/CC(OP)C1(CCC)CCC1.[Ac]. The molecule has 2 aliphatic carbocycles. The second-order valence-electron chi connectivity index (χ2n) is 8.80.